The Balaban J connectivity index is 0.00000387. The van der Waals surface area contributed by atoms with Crippen molar-refractivity contribution in [1.82, 2.24) is 19.5 Å². The maximum atomic E-state index is 5.61. The van der Waals surface area contributed by atoms with E-state index in [9.17, 15) is 0 Å². The van der Waals surface area contributed by atoms with Gasteiger partial charge in [0.25, 0.3) is 0 Å². The van der Waals surface area contributed by atoms with E-state index in [1.165, 1.54) is 66.9 Å². The second kappa shape index (κ2) is 13.1. The fraction of sp³-hybridized carbons (Fsp3) is 0.444. The van der Waals surface area contributed by atoms with Crippen molar-refractivity contribution in [3.63, 3.8) is 0 Å². The van der Waals surface area contributed by atoms with Gasteiger partial charge in [0, 0.05) is 55.3 Å². The third-order valence-electron chi connectivity index (χ3n) is 8.85. The third-order valence-corrected chi connectivity index (χ3v) is 8.85. The van der Waals surface area contributed by atoms with Crippen molar-refractivity contribution in [2.45, 2.75) is 107 Å². The summed E-state index contributed by atoms with van der Waals surface area (Å²) in [4.78, 5) is 14.4. The zero-order valence-electron chi connectivity index (χ0n) is 26.3. The number of rotatable bonds is 8. The molecule has 0 radical (unpaired) electrons. The molecular formula is C36H46MoN4. The summed E-state index contributed by atoms with van der Waals surface area (Å²) in [6.45, 7) is 19.2. The minimum Gasteiger partial charge on any atom is -0.355 e. The normalized spacial score (nSPS) is 12.8. The average Bonchev–Trinajstić information content (AvgIpc) is 3.73. The Morgan fingerprint density at radius 3 is 1.73 bits per heavy atom. The van der Waals surface area contributed by atoms with E-state index < -0.39 is 0 Å². The van der Waals surface area contributed by atoms with Crippen molar-refractivity contribution in [3.8, 4) is 0 Å². The van der Waals surface area contributed by atoms with Crippen LogP contribution in [0.25, 0.3) is 45.4 Å². The molecule has 2 aliphatic heterocycles. The van der Waals surface area contributed by atoms with Gasteiger partial charge in [-0.15, -0.1) is 0 Å². The van der Waals surface area contributed by atoms with Gasteiger partial charge in [-0.05, 0) is 110 Å². The molecule has 0 amide bonds. The van der Waals surface area contributed by atoms with Crippen LogP contribution in [0.15, 0.2) is 18.2 Å². The molecule has 0 unspecified atom stereocenters. The van der Waals surface area contributed by atoms with Crippen LogP contribution >= 0.6 is 0 Å². The Morgan fingerprint density at radius 1 is 0.610 bits per heavy atom. The van der Waals surface area contributed by atoms with Crippen molar-refractivity contribution < 1.29 is 21.1 Å². The fourth-order valence-electron chi connectivity index (χ4n) is 7.06. The van der Waals surface area contributed by atoms with E-state index in [1.54, 1.807) is 0 Å². The molecule has 0 spiro atoms. The minimum atomic E-state index is 0. The molecule has 2 aliphatic rings. The molecule has 0 aromatic carbocycles. The third kappa shape index (κ3) is 5.22. The standard InChI is InChI=1S/C36H46N4.Mo/c1-9-22-19-25-20-23-17-18-24(37-23)21-32-26(10-2)29(13-5)36(40(32)16-8)31(15-7)35-28(12-4)27(11-3)34(39-35)30(14-6)33(22)38-25;/h17-21,38H,9-16H2,1-8H3;. The van der Waals surface area contributed by atoms with Gasteiger partial charge in [0.05, 0.1) is 28.3 Å². The fourth-order valence-corrected chi connectivity index (χ4v) is 7.06. The van der Waals surface area contributed by atoms with Crippen molar-refractivity contribution in [2.75, 3.05) is 0 Å². The SMILES string of the molecule is CCC1=C(CC)c2nc1c(CC)c1[nH]c(cc3nc(cc4c(CC)c(CC)c(c2CC)n4CC)C=C3)cc1CC.[Mo]. The predicted molar refractivity (Wildman–Crippen MR) is 174 cm³/mol. The van der Waals surface area contributed by atoms with Crippen molar-refractivity contribution in [1.29, 1.82) is 0 Å². The summed E-state index contributed by atoms with van der Waals surface area (Å²) < 4.78 is 2.55. The molecule has 0 saturated heterocycles. The summed E-state index contributed by atoms with van der Waals surface area (Å²) in [5.41, 5.74) is 19.3. The first-order valence-corrected chi connectivity index (χ1v) is 15.7. The molecule has 3 aromatic heterocycles. The minimum absolute atomic E-state index is 0. The van der Waals surface area contributed by atoms with E-state index >= 15 is 0 Å². The molecule has 1 N–H and O–H groups in total. The molecule has 5 heteroatoms. The number of allylic oxidation sites excluding steroid dienone is 2. The molecule has 0 aliphatic carbocycles. The Morgan fingerprint density at radius 2 is 1.20 bits per heavy atom. The largest absolute Gasteiger partial charge is 0.355 e. The molecule has 4 nitrogen and oxygen atoms in total. The maximum absolute atomic E-state index is 5.61. The molecule has 0 atom stereocenters. The van der Waals surface area contributed by atoms with Crippen molar-refractivity contribution in [3.05, 3.63) is 68.8 Å². The van der Waals surface area contributed by atoms with Gasteiger partial charge in [-0.2, -0.15) is 0 Å². The molecule has 216 valence electrons. The van der Waals surface area contributed by atoms with Crippen LogP contribution in [0.5, 0.6) is 0 Å². The van der Waals surface area contributed by atoms with Crippen LogP contribution in [-0.4, -0.2) is 19.5 Å². The molecule has 0 saturated carbocycles. The predicted octanol–water partition coefficient (Wildman–Crippen LogP) is 9.52. The number of aromatic nitrogens is 4. The van der Waals surface area contributed by atoms with Crippen LogP contribution in [0.4, 0.5) is 0 Å². The second-order valence-electron chi connectivity index (χ2n) is 10.8. The number of hydrogen-bond donors (Lipinski definition) is 1. The van der Waals surface area contributed by atoms with Crippen molar-refractivity contribution in [2.24, 2.45) is 0 Å². The Labute approximate surface area is 260 Å². The van der Waals surface area contributed by atoms with Crippen LogP contribution in [0.2, 0.25) is 0 Å². The first-order chi connectivity index (χ1) is 19.5. The number of nitrogens with one attached hydrogen (secondary N) is 1. The number of fused-ring (bicyclic) bond motifs is 8. The molecule has 8 bridgehead atoms. The van der Waals surface area contributed by atoms with Crippen LogP contribution in [0.3, 0.4) is 0 Å². The first-order valence-electron chi connectivity index (χ1n) is 15.7. The first kappa shape index (κ1) is 31.2. The van der Waals surface area contributed by atoms with Crippen molar-refractivity contribution >= 4 is 45.4 Å². The Bertz CT molecular complexity index is 1680. The molecule has 0 fully saturated rings. The summed E-state index contributed by atoms with van der Waals surface area (Å²) in [5, 5.41) is 0. The molecule has 5 heterocycles. The Hall–Kier alpha value is -2.71. The van der Waals surface area contributed by atoms with E-state index in [1.807, 2.05) is 0 Å². The van der Waals surface area contributed by atoms with E-state index in [0.717, 1.165) is 68.4 Å². The summed E-state index contributed by atoms with van der Waals surface area (Å²) in [7, 11) is 0. The van der Waals surface area contributed by atoms with Gasteiger partial charge in [0.1, 0.15) is 0 Å². The van der Waals surface area contributed by atoms with Gasteiger partial charge in [-0.25, -0.2) is 9.97 Å². The summed E-state index contributed by atoms with van der Waals surface area (Å²) in [6, 6.07) is 6.80. The number of H-pyrrole nitrogens is 1. The van der Waals surface area contributed by atoms with Gasteiger partial charge in [-0.1, -0.05) is 48.5 Å². The van der Waals surface area contributed by atoms with Crippen LogP contribution in [-0.2, 0) is 59.7 Å². The molecule has 5 rings (SSSR count). The Kier molecular flexibility index (Phi) is 9.96. The summed E-state index contributed by atoms with van der Waals surface area (Å²) in [6.07, 6.45) is 11.2. The monoisotopic (exact) mass is 632 g/mol. The van der Waals surface area contributed by atoms with Crippen LogP contribution < -0.4 is 0 Å². The quantitative estimate of drug-likeness (QED) is 0.197. The smallest absolute Gasteiger partial charge is 0.0725 e. The second-order valence-corrected chi connectivity index (χ2v) is 10.8. The van der Waals surface area contributed by atoms with E-state index in [-0.39, 0.29) is 21.1 Å². The molecule has 3 aromatic rings. The molecule has 41 heavy (non-hydrogen) atoms. The van der Waals surface area contributed by atoms with Gasteiger partial charge >= 0.3 is 0 Å². The summed E-state index contributed by atoms with van der Waals surface area (Å²) >= 11 is 0. The van der Waals surface area contributed by atoms with E-state index in [0.29, 0.717) is 0 Å². The van der Waals surface area contributed by atoms with Crippen LogP contribution in [0, 0.1) is 0 Å². The zero-order chi connectivity index (χ0) is 28.6. The van der Waals surface area contributed by atoms with Gasteiger partial charge in [0.2, 0.25) is 0 Å². The average molecular weight is 631 g/mol. The maximum Gasteiger partial charge on any atom is 0.0725 e. The number of nitrogens with zero attached hydrogens (tertiary/aromatic N) is 3. The molecular weight excluding hydrogens is 584 g/mol. The number of aromatic amines is 1. The number of aryl methyl sites for hydroxylation is 6. The van der Waals surface area contributed by atoms with E-state index in [4.69, 9.17) is 9.97 Å². The van der Waals surface area contributed by atoms with Gasteiger partial charge < -0.3 is 9.55 Å². The number of hydrogen-bond acceptors (Lipinski definition) is 2. The van der Waals surface area contributed by atoms with Gasteiger partial charge in [-0.3, -0.25) is 0 Å². The van der Waals surface area contributed by atoms with Gasteiger partial charge in [0.15, 0.2) is 0 Å². The van der Waals surface area contributed by atoms with Crippen LogP contribution in [0.1, 0.15) is 119 Å². The zero-order valence-corrected chi connectivity index (χ0v) is 28.3. The van der Waals surface area contributed by atoms with E-state index in [2.05, 4.69) is 95.3 Å². The summed E-state index contributed by atoms with van der Waals surface area (Å²) in [5.74, 6) is 0. The topological polar surface area (TPSA) is 46.5 Å².